The van der Waals surface area contributed by atoms with Gasteiger partial charge in [0.25, 0.3) is 5.69 Å². The molecule has 0 bridgehead atoms. The summed E-state index contributed by atoms with van der Waals surface area (Å²) >= 11 is 12.9. The number of nitro benzene ring substituents is 2. The Morgan fingerprint density at radius 1 is 0.486 bits per heavy atom. The summed E-state index contributed by atoms with van der Waals surface area (Å²) in [6.45, 7) is 0. The number of nitrogen functional groups attached to an aromatic ring is 2. The molecule has 1 aromatic heterocycles. The summed E-state index contributed by atoms with van der Waals surface area (Å²) in [6.07, 6.45) is 0. The molecule has 6 N–H and O–H groups in total. The van der Waals surface area contributed by atoms with Crippen molar-refractivity contribution in [3.05, 3.63) is 237 Å². The Hall–Kier alpha value is -7.27. The van der Waals surface area contributed by atoms with Gasteiger partial charge in [-0.2, -0.15) is 4.39 Å². The molecule has 22 heteroatoms. The van der Waals surface area contributed by atoms with Gasteiger partial charge in [-0.1, -0.05) is 68.9 Å². The number of fused-ring (bicyclic) bond motifs is 1. The number of aromatic nitrogens is 3. The molecule has 0 aliphatic carbocycles. The van der Waals surface area contributed by atoms with Crippen LogP contribution in [0.3, 0.4) is 0 Å². The van der Waals surface area contributed by atoms with Gasteiger partial charge in [0.05, 0.1) is 32.4 Å². The zero-order chi connectivity index (χ0) is 50.9. The Morgan fingerprint density at radius 2 is 0.900 bits per heavy atom. The van der Waals surface area contributed by atoms with E-state index in [2.05, 4.69) is 84.7 Å². The van der Waals surface area contributed by atoms with Crippen LogP contribution in [0.25, 0.3) is 16.7 Å². The second-order valence-electron chi connectivity index (χ2n) is 13.9. The van der Waals surface area contributed by atoms with Gasteiger partial charge < -0.3 is 22.1 Å². The van der Waals surface area contributed by atoms with E-state index in [9.17, 15) is 42.2 Å². The maximum absolute atomic E-state index is 12.8. The molecule has 8 aromatic carbocycles. The molecule has 9 rings (SSSR count). The minimum Gasteiger partial charge on any atom is -0.399 e. The van der Waals surface area contributed by atoms with Gasteiger partial charge in [-0.15, -0.1) is 5.10 Å². The molecule has 358 valence electrons. The topological polar surface area (TPSA) is 193 Å². The summed E-state index contributed by atoms with van der Waals surface area (Å²) < 4.78 is 67.6. The molecule has 0 atom stereocenters. The Labute approximate surface area is 429 Å². The molecule has 0 amide bonds. The van der Waals surface area contributed by atoms with Crippen molar-refractivity contribution in [2.24, 2.45) is 0 Å². The predicted octanol–water partition coefficient (Wildman–Crippen LogP) is 15.4. The highest BCUT2D eigenvalue weighted by molar-refractivity contribution is 9.11. The SMILES string of the molecule is Fc1ccc(-n2nnc3cc(Br)ccc32)cc1.Nc1cc(Br)ccc1Nc1ccc(F)cc1.Nc1ccc(F)cc1.O=[N+]([O-])c1cc(Br)ccc1F.O=[N+]([O-])c1cc(Br)ccc1Nc1ccc(F)cc1. The van der Waals surface area contributed by atoms with Crippen LogP contribution in [0.5, 0.6) is 0 Å². The van der Waals surface area contributed by atoms with Crippen molar-refractivity contribution >= 4 is 120 Å². The van der Waals surface area contributed by atoms with E-state index in [0.29, 0.717) is 31.7 Å². The zero-order valence-electron chi connectivity index (χ0n) is 35.6. The smallest absolute Gasteiger partial charge is 0.305 e. The summed E-state index contributed by atoms with van der Waals surface area (Å²) in [5.74, 6) is -1.95. The van der Waals surface area contributed by atoms with E-state index in [0.717, 1.165) is 49.2 Å². The van der Waals surface area contributed by atoms with Gasteiger partial charge in [-0.05, 0) is 158 Å². The van der Waals surface area contributed by atoms with Crippen LogP contribution in [0.4, 0.5) is 67.5 Å². The number of nitro groups is 2. The highest BCUT2D eigenvalue weighted by Crippen LogP contribution is 2.31. The number of hydrogen-bond donors (Lipinski definition) is 4. The summed E-state index contributed by atoms with van der Waals surface area (Å²) in [6, 6.07) is 43.1. The van der Waals surface area contributed by atoms with Crippen LogP contribution in [-0.4, -0.2) is 24.8 Å². The highest BCUT2D eigenvalue weighted by Gasteiger charge is 2.15. The minimum absolute atomic E-state index is 0.0475. The van der Waals surface area contributed by atoms with E-state index in [-0.39, 0.29) is 29.0 Å². The number of hydrogen-bond acceptors (Lipinski definition) is 10. The third-order valence-electron chi connectivity index (χ3n) is 8.87. The van der Waals surface area contributed by atoms with Gasteiger partial charge in [0.1, 0.15) is 34.5 Å². The van der Waals surface area contributed by atoms with Crippen molar-refractivity contribution < 1.29 is 31.8 Å². The molecule has 0 radical (unpaired) electrons. The van der Waals surface area contributed by atoms with E-state index < -0.39 is 21.4 Å². The summed E-state index contributed by atoms with van der Waals surface area (Å²) in [7, 11) is 0. The van der Waals surface area contributed by atoms with Crippen molar-refractivity contribution in [3.8, 4) is 5.69 Å². The first-order valence-electron chi connectivity index (χ1n) is 19.8. The van der Waals surface area contributed by atoms with Gasteiger partial charge >= 0.3 is 5.69 Å². The molecule has 0 unspecified atom stereocenters. The third-order valence-corrected chi connectivity index (χ3v) is 10.8. The number of halogens is 9. The minimum atomic E-state index is -0.821. The number of anilines is 6. The van der Waals surface area contributed by atoms with Gasteiger partial charge in [0.2, 0.25) is 5.82 Å². The zero-order valence-corrected chi connectivity index (χ0v) is 41.9. The van der Waals surface area contributed by atoms with Crippen molar-refractivity contribution in [3.63, 3.8) is 0 Å². The number of nitrogens with two attached hydrogens (primary N) is 2. The van der Waals surface area contributed by atoms with Gasteiger partial charge in [-0.25, -0.2) is 22.2 Å². The molecule has 9 aromatic rings. The van der Waals surface area contributed by atoms with Crippen LogP contribution in [0.2, 0.25) is 0 Å². The molecule has 0 aliphatic heterocycles. The Bertz CT molecular complexity index is 3170. The van der Waals surface area contributed by atoms with E-state index in [4.69, 9.17) is 11.5 Å². The lowest BCUT2D eigenvalue weighted by molar-refractivity contribution is -0.387. The first-order chi connectivity index (χ1) is 33.3. The number of nitrogens with zero attached hydrogens (tertiary/aromatic N) is 5. The second-order valence-corrected chi connectivity index (χ2v) is 17.6. The normalized spacial score (nSPS) is 10.1. The molecule has 0 aliphatic rings. The predicted molar refractivity (Wildman–Crippen MR) is 277 cm³/mol. The molecule has 0 saturated carbocycles. The van der Waals surface area contributed by atoms with E-state index in [1.807, 2.05) is 36.4 Å². The van der Waals surface area contributed by atoms with Crippen LogP contribution in [0.1, 0.15) is 0 Å². The first-order valence-corrected chi connectivity index (χ1v) is 22.9. The number of benzene rings is 8. The molecule has 0 saturated heterocycles. The highest BCUT2D eigenvalue weighted by atomic mass is 79.9. The summed E-state index contributed by atoms with van der Waals surface area (Å²) in [4.78, 5) is 19.8. The van der Waals surface area contributed by atoms with E-state index >= 15 is 0 Å². The van der Waals surface area contributed by atoms with Gasteiger partial charge in [-0.3, -0.25) is 20.2 Å². The fourth-order valence-corrected chi connectivity index (χ4v) is 6.97. The molecule has 1 heterocycles. The quantitative estimate of drug-likeness (QED) is 0.0516. The maximum atomic E-state index is 12.8. The standard InChI is InChI=1S/C12H7BrFN3.C12H8BrFN2O2.C12H10BrFN2.C6H3BrFNO2.C6H6FN/c13-8-1-6-12-11(7-8)15-16-17(12)10-4-2-9(14)3-5-10;13-8-1-6-11(12(7-8)16(17)18)15-10-4-2-9(14)3-5-10;13-8-1-6-12(11(15)7-8)16-10-4-2-9(14)3-5-10;7-4-1-2-5(8)6(3-4)9(10)11;7-5-1-3-6(8)4-2-5/h1-7H;1-7,15H;1-7,16H,15H2;1-3H;1-4H,8H2. The van der Waals surface area contributed by atoms with Gasteiger partial charge in [0, 0.05) is 47.1 Å². The lowest BCUT2D eigenvalue weighted by Crippen LogP contribution is -1.97. The van der Waals surface area contributed by atoms with E-state index in [1.54, 1.807) is 41.1 Å². The third kappa shape index (κ3) is 16.8. The van der Waals surface area contributed by atoms with Gasteiger partial charge in [0.15, 0.2) is 0 Å². The molecular weight excluding hydrogens is 1180 g/mol. The maximum Gasteiger partial charge on any atom is 0.305 e. The molecule has 0 fully saturated rings. The number of rotatable bonds is 7. The van der Waals surface area contributed by atoms with Crippen molar-refractivity contribution in [2.75, 3.05) is 22.1 Å². The van der Waals surface area contributed by atoms with Crippen LogP contribution < -0.4 is 22.1 Å². The molecular formula is C48H34Br4F5N9O4. The lowest BCUT2D eigenvalue weighted by atomic mass is 10.2. The van der Waals surface area contributed by atoms with Crippen molar-refractivity contribution in [1.82, 2.24) is 15.0 Å². The second kappa shape index (κ2) is 25.9. The average molecular weight is 1220 g/mol. The lowest BCUT2D eigenvalue weighted by Gasteiger charge is -2.09. The Kier molecular flexibility index (Phi) is 19.9. The summed E-state index contributed by atoms with van der Waals surface area (Å²) in [5, 5.41) is 35.1. The Morgan fingerprint density at radius 3 is 1.39 bits per heavy atom. The first kappa shape index (κ1) is 53.7. The number of nitrogens with one attached hydrogen (secondary N) is 2. The molecule has 70 heavy (non-hydrogen) atoms. The van der Waals surface area contributed by atoms with Crippen molar-refractivity contribution in [1.29, 1.82) is 0 Å². The Balaban J connectivity index is 0.000000167. The molecule has 0 spiro atoms. The monoisotopic (exact) mass is 1210 g/mol. The van der Waals surface area contributed by atoms with Crippen LogP contribution >= 0.6 is 63.7 Å². The van der Waals surface area contributed by atoms with E-state index in [1.165, 1.54) is 84.9 Å². The fourth-order valence-electron chi connectivity index (χ4n) is 5.54. The van der Waals surface area contributed by atoms with Crippen molar-refractivity contribution in [2.45, 2.75) is 0 Å². The average Bonchev–Trinajstić information content (AvgIpc) is 3.75. The van der Waals surface area contributed by atoms with Crippen LogP contribution in [-0.2, 0) is 0 Å². The fraction of sp³-hybridized carbons (Fsp3) is 0. The molecule has 13 nitrogen and oxygen atoms in total. The largest absolute Gasteiger partial charge is 0.399 e. The van der Waals surface area contributed by atoms with Crippen LogP contribution in [0, 0.1) is 49.3 Å². The summed E-state index contributed by atoms with van der Waals surface area (Å²) in [5.41, 5.74) is 16.8. The van der Waals surface area contributed by atoms with Crippen LogP contribution in [0.15, 0.2) is 188 Å².